The van der Waals surface area contributed by atoms with Gasteiger partial charge in [-0.1, -0.05) is 11.8 Å². The second kappa shape index (κ2) is 4.47. The first-order chi connectivity index (χ1) is 9.17. The van der Waals surface area contributed by atoms with E-state index in [-0.39, 0.29) is 5.95 Å². The zero-order chi connectivity index (χ0) is 13.4. The molecule has 8 heteroatoms. The Morgan fingerprint density at radius 3 is 2.74 bits per heavy atom. The van der Waals surface area contributed by atoms with Gasteiger partial charge in [-0.15, -0.1) is 5.10 Å². The number of hydrogen-bond donors (Lipinski definition) is 1. The van der Waals surface area contributed by atoms with Crippen LogP contribution >= 0.6 is 11.8 Å². The van der Waals surface area contributed by atoms with E-state index in [0.29, 0.717) is 16.8 Å². The summed E-state index contributed by atoms with van der Waals surface area (Å²) in [7, 11) is 0. The molecule has 19 heavy (non-hydrogen) atoms. The number of rotatable bonds is 2. The molecule has 0 aliphatic heterocycles. The van der Waals surface area contributed by atoms with Crippen molar-refractivity contribution in [3.8, 4) is 11.4 Å². The molecule has 96 valence electrons. The first-order valence-electron chi connectivity index (χ1n) is 5.54. The van der Waals surface area contributed by atoms with E-state index < -0.39 is 0 Å². The van der Waals surface area contributed by atoms with Crippen molar-refractivity contribution in [1.82, 2.24) is 29.5 Å². The third-order valence-electron chi connectivity index (χ3n) is 2.57. The van der Waals surface area contributed by atoms with Gasteiger partial charge in [-0.3, -0.25) is 4.98 Å². The van der Waals surface area contributed by atoms with E-state index in [1.807, 2.05) is 25.3 Å². The summed E-state index contributed by atoms with van der Waals surface area (Å²) in [6.45, 7) is 1.93. The molecule has 3 aromatic heterocycles. The van der Waals surface area contributed by atoms with Crippen LogP contribution in [0.25, 0.3) is 17.2 Å². The second-order valence-corrected chi connectivity index (χ2v) is 4.68. The van der Waals surface area contributed by atoms with Gasteiger partial charge >= 0.3 is 0 Å². The molecular formula is C11H11N7S. The maximum atomic E-state index is 5.83. The lowest BCUT2D eigenvalue weighted by atomic mass is 10.2. The Kier molecular flexibility index (Phi) is 2.79. The molecular weight excluding hydrogens is 262 g/mol. The average molecular weight is 273 g/mol. The van der Waals surface area contributed by atoms with Gasteiger partial charge in [0, 0.05) is 17.5 Å². The van der Waals surface area contributed by atoms with Gasteiger partial charge in [-0.25, -0.2) is 0 Å². The lowest BCUT2D eigenvalue weighted by molar-refractivity contribution is 0.851. The minimum Gasteiger partial charge on any atom is -0.368 e. The standard InChI is InChI=1S/C11H11N7S/c1-6-3-4-7(5-13-6)8-14-10-16-11(19-2)15-9(12)18(10)17-8/h3-5H,1-2H3,(H2,12,14,15,16,17). The molecule has 2 N–H and O–H groups in total. The minimum atomic E-state index is 0.271. The smallest absolute Gasteiger partial charge is 0.258 e. The Hall–Kier alpha value is -2.22. The molecule has 0 aromatic carbocycles. The van der Waals surface area contributed by atoms with Crippen LogP contribution in [-0.4, -0.2) is 35.8 Å². The molecule has 0 bridgehead atoms. The van der Waals surface area contributed by atoms with Crippen LogP contribution in [-0.2, 0) is 0 Å². The number of thioether (sulfide) groups is 1. The van der Waals surface area contributed by atoms with E-state index in [4.69, 9.17) is 5.73 Å². The van der Waals surface area contributed by atoms with Crippen molar-refractivity contribution in [2.75, 3.05) is 12.0 Å². The van der Waals surface area contributed by atoms with E-state index in [1.165, 1.54) is 16.3 Å². The molecule has 3 heterocycles. The van der Waals surface area contributed by atoms with Crippen molar-refractivity contribution in [1.29, 1.82) is 0 Å². The van der Waals surface area contributed by atoms with Gasteiger partial charge in [-0.2, -0.15) is 19.5 Å². The monoisotopic (exact) mass is 273 g/mol. The molecule has 3 aromatic rings. The van der Waals surface area contributed by atoms with Crippen molar-refractivity contribution in [3.63, 3.8) is 0 Å². The largest absolute Gasteiger partial charge is 0.368 e. The van der Waals surface area contributed by atoms with Crippen LogP contribution in [0.15, 0.2) is 23.5 Å². The molecule has 3 rings (SSSR count). The molecule has 0 amide bonds. The number of aryl methyl sites for hydroxylation is 1. The summed E-state index contributed by atoms with van der Waals surface area (Å²) in [5.41, 5.74) is 7.59. The third kappa shape index (κ3) is 2.10. The summed E-state index contributed by atoms with van der Waals surface area (Å²) in [4.78, 5) is 16.9. The topological polar surface area (TPSA) is 94.9 Å². The van der Waals surface area contributed by atoms with E-state index >= 15 is 0 Å². The Labute approximate surface area is 113 Å². The van der Waals surface area contributed by atoms with Gasteiger partial charge < -0.3 is 5.73 Å². The number of pyridine rings is 1. The van der Waals surface area contributed by atoms with Crippen LogP contribution < -0.4 is 5.73 Å². The molecule has 0 fully saturated rings. The number of aromatic nitrogens is 6. The predicted octanol–water partition coefficient (Wildman–Crippen LogP) is 1.19. The normalized spacial score (nSPS) is 11.1. The molecule has 7 nitrogen and oxygen atoms in total. The summed E-state index contributed by atoms with van der Waals surface area (Å²) >= 11 is 1.41. The summed E-state index contributed by atoms with van der Waals surface area (Å²) in [5, 5.41) is 4.87. The average Bonchev–Trinajstić information content (AvgIpc) is 2.84. The Morgan fingerprint density at radius 1 is 1.21 bits per heavy atom. The SMILES string of the molecule is CSc1nc(N)n2nc(-c3ccc(C)nc3)nc2n1. The van der Waals surface area contributed by atoms with Crippen LogP contribution in [0.5, 0.6) is 0 Å². The maximum Gasteiger partial charge on any atom is 0.258 e. The zero-order valence-corrected chi connectivity index (χ0v) is 11.2. The van der Waals surface area contributed by atoms with Crippen molar-refractivity contribution in [3.05, 3.63) is 24.0 Å². The molecule has 0 saturated carbocycles. The highest BCUT2D eigenvalue weighted by Gasteiger charge is 2.11. The van der Waals surface area contributed by atoms with Crippen LogP contribution in [0, 0.1) is 6.92 Å². The fraction of sp³-hybridized carbons (Fsp3) is 0.182. The van der Waals surface area contributed by atoms with Gasteiger partial charge in [0.1, 0.15) is 0 Å². The fourth-order valence-electron chi connectivity index (χ4n) is 1.60. The zero-order valence-electron chi connectivity index (χ0n) is 10.4. The van der Waals surface area contributed by atoms with E-state index in [1.54, 1.807) is 6.20 Å². The van der Waals surface area contributed by atoms with Crippen LogP contribution in [0.3, 0.4) is 0 Å². The van der Waals surface area contributed by atoms with Gasteiger partial charge in [-0.05, 0) is 25.3 Å². The number of hydrogen-bond acceptors (Lipinski definition) is 7. The first-order valence-corrected chi connectivity index (χ1v) is 6.77. The number of anilines is 1. The molecule has 0 aliphatic carbocycles. The predicted molar refractivity (Wildman–Crippen MR) is 72.7 cm³/mol. The van der Waals surface area contributed by atoms with Crippen molar-refractivity contribution >= 4 is 23.5 Å². The lowest BCUT2D eigenvalue weighted by Crippen LogP contribution is -2.04. The number of nitrogens with two attached hydrogens (primary N) is 1. The van der Waals surface area contributed by atoms with Gasteiger partial charge in [0.15, 0.2) is 11.0 Å². The number of fused-ring (bicyclic) bond motifs is 1. The number of nitrogen functional groups attached to an aromatic ring is 1. The Morgan fingerprint density at radius 2 is 2.05 bits per heavy atom. The summed E-state index contributed by atoms with van der Waals surface area (Å²) in [5.74, 6) is 1.24. The molecule has 0 atom stereocenters. The van der Waals surface area contributed by atoms with Crippen LogP contribution in [0.2, 0.25) is 0 Å². The molecule has 0 unspecified atom stereocenters. The van der Waals surface area contributed by atoms with Crippen LogP contribution in [0.4, 0.5) is 5.95 Å². The van der Waals surface area contributed by atoms with Crippen LogP contribution in [0.1, 0.15) is 5.69 Å². The summed E-state index contributed by atoms with van der Waals surface area (Å²) < 4.78 is 1.43. The van der Waals surface area contributed by atoms with Crippen molar-refractivity contribution in [2.24, 2.45) is 0 Å². The molecule has 0 saturated heterocycles. The van der Waals surface area contributed by atoms with Crippen molar-refractivity contribution in [2.45, 2.75) is 12.1 Å². The van der Waals surface area contributed by atoms with Crippen molar-refractivity contribution < 1.29 is 0 Å². The quantitative estimate of drug-likeness (QED) is 0.701. The van der Waals surface area contributed by atoms with Gasteiger partial charge in [0.25, 0.3) is 5.78 Å². The minimum absolute atomic E-state index is 0.271. The van der Waals surface area contributed by atoms with Gasteiger partial charge in [0.2, 0.25) is 5.95 Å². The van der Waals surface area contributed by atoms with E-state index in [0.717, 1.165) is 11.3 Å². The lowest BCUT2D eigenvalue weighted by Gasteiger charge is -1.97. The molecule has 0 radical (unpaired) electrons. The highest BCUT2D eigenvalue weighted by atomic mass is 32.2. The highest BCUT2D eigenvalue weighted by Crippen LogP contribution is 2.17. The van der Waals surface area contributed by atoms with Gasteiger partial charge in [0.05, 0.1) is 0 Å². The summed E-state index contributed by atoms with van der Waals surface area (Å²) in [6.07, 6.45) is 3.61. The number of nitrogens with zero attached hydrogens (tertiary/aromatic N) is 6. The maximum absolute atomic E-state index is 5.83. The Balaban J connectivity index is 2.16. The Bertz CT molecular complexity index is 735. The first kappa shape index (κ1) is 11.8. The van der Waals surface area contributed by atoms with E-state index in [9.17, 15) is 0 Å². The summed E-state index contributed by atoms with van der Waals surface area (Å²) in [6, 6.07) is 3.82. The molecule has 0 spiro atoms. The fourth-order valence-corrected chi connectivity index (χ4v) is 1.96. The highest BCUT2D eigenvalue weighted by molar-refractivity contribution is 7.98. The van der Waals surface area contributed by atoms with E-state index in [2.05, 4.69) is 25.0 Å². The second-order valence-electron chi connectivity index (χ2n) is 3.90. The molecule has 0 aliphatic rings. The third-order valence-corrected chi connectivity index (χ3v) is 3.11.